The van der Waals surface area contributed by atoms with E-state index in [9.17, 15) is 18.0 Å². The fourth-order valence-corrected chi connectivity index (χ4v) is 3.97. The molecule has 0 heterocycles. The van der Waals surface area contributed by atoms with Crippen molar-refractivity contribution in [2.75, 3.05) is 0 Å². The summed E-state index contributed by atoms with van der Waals surface area (Å²) in [4.78, 5) is 25.5. The molecule has 30 heavy (non-hydrogen) atoms. The van der Waals surface area contributed by atoms with Crippen molar-refractivity contribution in [1.82, 2.24) is 4.90 Å². The van der Waals surface area contributed by atoms with E-state index in [-0.39, 0.29) is 28.2 Å². The van der Waals surface area contributed by atoms with Gasteiger partial charge in [-0.25, -0.2) is 4.79 Å². The molecule has 0 spiro atoms. The Hall–Kier alpha value is -2.87. The fourth-order valence-electron chi connectivity index (χ4n) is 2.85. The summed E-state index contributed by atoms with van der Waals surface area (Å²) in [5.74, 6) is -0.733. The van der Waals surface area contributed by atoms with Crippen LogP contribution in [0.5, 0.6) is 5.75 Å². The highest BCUT2D eigenvalue weighted by molar-refractivity contribution is 7.87. The van der Waals surface area contributed by atoms with Crippen molar-refractivity contribution in [3.8, 4) is 5.75 Å². The summed E-state index contributed by atoms with van der Waals surface area (Å²) >= 11 is 0. The van der Waals surface area contributed by atoms with E-state index in [0.29, 0.717) is 6.54 Å². The standard InChI is InChI=1S/C22H27NO6S/c1-15(2)23(17(5)24)14-18-9-8-10-19(13-18)29-30(26,27)21-12-7-6-11-20(21)22(25)28-16(3)4/h6-13,15-16H,14H2,1-5H3. The average molecular weight is 434 g/mol. The molecule has 1 amide bonds. The van der Waals surface area contributed by atoms with Crippen LogP contribution in [0.25, 0.3) is 0 Å². The summed E-state index contributed by atoms with van der Waals surface area (Å²) in [6, 6.07) is 12.2. The molecule has 2 aromatic carbocycles. The molecule has 0 saturated carbocycles. The molecule has 0 atom stereocenters. The van der Waals surface area contributed by atoms with E-state index >= 15 is 0 Å². The van der Waals surface area contributed by atoms with Gasteiger partial charge in [0, 0.05) is 19.5 Å². The lowest BCUT2D eigenvalue weighted by Crippen LogP contribution is -2.34. The van der Waals surface area contributed by atoms with Crippen LogP contribution in [0, 0.1) is 0 Å². The maximum Gasteiger partial charge on any atom is 0.340 e. The summed E-state index contributed by atoms with van der Waals surface area (Å²) in [7, 11) is -4.28. The van der Waals surface area contributed by atoms with Crippen molar-refractivity contribution in [3.05, 3.63) is 59.7 Å². The first-order valence-corrected chi connectivity index (χ1v) is 11.0. The quantitative estimate of drug-likeness (QED) is 0.465. The molecule has 8 heteroatoms. The van der Waals surface area contributed by atoms with Crippen LogP contribution in [-0.4, -0.2) is 37.3 Å². The second-order valence-corrected chi connectivity index (χ2v) is 8.89. The van der Waals surface area contributed by atoms with Crippen molar-refractivity contribution in [2.24, 2.45) is 0 Å². The number of carbonyl (C=O) groups excluding carboxylic acids is 2. The normalized spacial score (nSPS) is 11.4. The van der Waals surface area contributed by atoms with Gasteiger partial charge in [0.05, 0.1) is 11.7 Å². The smallest absolute Gasteiger partial charge is 0.340 e. The molecule has 0 fully saturated rings. The molecule has 0 aliphatic heterocycles. The third kappa shape index (κ3) is 6.06. The predicted octanol–water partition coefficient (Wildman–Crippen LogP) is 3.78. The summed E-state index contributed by atoms with van der Waals surface area (Å²) in [5.41, 5.74) is 0.629. The summed E-state index contributed by atoms with van der Waals surface area (Å²) in [6.07, 6.45) is -0.393. The highest BCUT2D eigenvalue weighted by Crippen LogP contribution is 2.24. The van der Waals surface area contributed by atoms with Gasteiger partial charge in [0.2, 0.25) is 5.91 Å². The Labute approximate surface area is 177 Å². The Balaban J connectivity index is 2.31. The predicted molar refractivity (Wildman–Crippen MR) is 113 cm³/mol. The second-order valence-electron chi connectivity index (χ2n) is 7.38. The van der Waals surface area contributed by atoms with E-state index in [4.69, 9.17) is 8.92 Å². The molecule has 0 aliphatic rings. The highest BCUT2D eigenvalue weighted by Gasteiger charge is 2.25. The number of rotatable bonds is 8. The van der Waals surface area contributed by atoms with Crippen LogP contribution in [0.2, 0.25) is 0 Å². The molecule has 0 aromatic heterocycles. The minimum atomic E-state index is -4.28. The lowest BCUT2D eigenvalue weighted by Gasteiger charge is -2.25. The molecule has 2 rings (SSSR count). The highest BCUT2D eigenvalue weighted by atomic mass is 32.2. The van der Waals surface area contributed by atoms with E-state index in [1.54, 1.807) is 43.0 Å². The van der Waals surface area contributed by atoms with Crippen molar-refractivity contribution in [2.45, 2.75) is 58.2 Å². The topological polar surface area (TPSA) is 90.0 Å². The van der Waals surface area contributed by atoms with E-state index in [2.05, 4.69) is 0 Å². The number of benzene rings is 2. The van der Waals surface area contributed by atoms with E-state index in [1.807, 2.05) is 13.8 Å². The molecule has 7 nitrogen and oxygen atoms in total. The van der Waals surface area contributed by atoms with Gasteiger partial charge in [-0.15, -0.1) is 0 Å². The zero-order chi connectivity index (χ0) is 22.5. The van der Waals surface area contributed by atoms with Crippen LogP contribution in [0.3, 0.4) is 0 Å². The molecule has 0 aliphatic carbocycles. The summed E-state index contributed by atoms with van der Waals surface area (Å²) < 4.78 is 36.2. The molecule has 0 radical (unpaired) electrons. The second kappa shape index (κ2) is 9.75. The van der Waals surface area contributed by atoms with Crippen molar-refractivity contribution in [3.63, 3.8) is 0 Å². The van der Waals surface area contributed by atoms with Gasteiger partial charge in [-0.2, -0.15) is 8.42 Å². The van der Waals surface area contributed by atoms with Crippen LogP contribution in [0.15, 0.2) is 53.4 Å². The Morgan fingerprint density at radius 2 is 1.67 bits per heavy atom. The molecule has 0 unspecified atom stereocenters. The van der Waals surface area contributed by atoms with Crippen LogP contribution >= 0.6 is 0 Å². The van der Waals surface area contributed by atoms with Gasteiger partial charge in [-0.3, -0.25) is 4.79 Å². The lowest BCUT2D eigenvalue weighted by atomic mass is 10.2. The van der Waals surface area contributed by atoms with E-state index in [0.717, 1.165) is 5.56 Å². The molecule has 162 valence electrons. The van der Waals surface area contributed by atoms with Crippen molar-refractivity contribution in [1.29, 1.82) is 0 Å². The van der Waals surface area contributed by atoms with Crippen LogP contribution in [-0.2, 0) is 26.2 Å². The minimum absolute atomic E-state index is 0.00495. The Morgan fingerprint density at radius 1 is 1.00 bits per heavy atom. The fraction of sp³-hybridized carbons (Fsp3) is 0.364. The van der Waals surface area contributed by atoms with Gasteiger partial charge >= 0.3 is 16.1 Å². The van der Waals surface area contributed by atoms with E-state index in [1.165, 1.54) is 31.2 Å². The molecular weight excluding hydrogens is 406 g/mol. The van der Waals surface area contributed by atoms with Crippen molar-refractivity contribution >= 4 is 22.0 Å². The third-order valence-corrected chi connectivity index (χ3v) is 5.51. The largest absolute Gasteiger partial charge is 0.459 e. The Kier molecular flexibility index (Phi) is 7.61. The number of nitrogens with zero attached hydrogens (tertiary/aromatic N) is 1. The van der Waals surface area contributed by atoms with E-state index < -0.39 is 22.2 Å². The number of hydrogen-bond donors (Lipinski definition) is 0. The monoisotopic (exact) mass is 433 g/mol. The minimum Gasteiger partial charge on any atom is -0.459 e. The van der Waals surface area contributed by atoms with Crippen LogP contribution in [0.4, 0.5) is 0 Å². The summed E-state index contributed by atoms with van der Waals surface area (Å²) in [6.45, 7) is 8.97. The average Bonchev–Trinajstić information content (AvgIpc) is 2.65. The van der Waals surface area contributed by atoms with Crippen LogP contribution in [0.1, 0.15) is 50.5 Å². The summed E-state index contributed by atoms with van der Waals surface area (Å²) in [5, 5.41) is 0. The van der Waals surface area contributed by atoms with Gasteiger partial charge in [-0.1, -0.05) is 24.3 Å². The maximum atomic E-state index is 12.9. The first-order chi connectivity index (χ1) is 14.0. The molecule has 0 saturated heterocycles. The van der Waals surface area contributed by atoms with Crippen molar-refractivity contribution < 1.29 is 26.9 Å². The lowest BCUT2D eigenvalue weighted by molar-refractivity contribution is -0.131. The number of carbonyl (C=O) groups is 2. The van der Waals surface area contributed by atoms with Gasteiger partial charge in [0.1, 0.15) is 10.6 Å². The van der Waals surface area contributed by atoms with Gasteiger partial charge in [0.15, 0.2) is 0 Å². The molecular formula is C22H27NO6S. The SMILES string of the molecule is CC(=O)N(Cc1cccc(OS(=O)(=O)c2ccccc2C(=O)OC(C)C)c1)C(C)C. The first kappa shape index (κ1) is 23.4. The van der Waals surface area contributed by atoms with Crippen LogP contribution < -0.4 is 4.18 Å². The Bertz CT molecular complexity index is 1010. The molecule has 0 bridgehead atoms. The maximum absolute atomic E-state index is 12.9. The Morgan fingerprint density at radius 3 is 2.27 bits per heavy atom. The zero-order valence-electron chi connectivity index (χ0n) is 17.8. The molecule has 2 aromatic rings. The number of ether oxygens (including phenoxy) is 1. The zero-order valence-corrected chi connectivity index (χ0v) is 18.6. The third-order valence-electron chi connectivity index (χ3n) is 4.20. The van der Waals surface area contributed by atoms with Gasteiger partial charge in [0.25, 0.3) is 0 Å². The van der Waals surface area contributed by atoms with Gasteiger partial charge in [-0.05, 0) is 57.5 Å². The number of amides is 1. The number of esters is 1. The molecule has 0 N–H and O–H groups in total. The number of hydrogen-bond acceptors (Lipinski definition) is 6. The first-order valence-electron chi connectivity index (χ1n) is 9.62. The van der Waals surface area contributed by atoms with Gasteiger partial charge < -0.3 is 13.8 Å².